The number of para-hydroxylation sites is 1. The van der Waals surface area contributed by atoms with Crippen LogP contribution in [0, 0.1) is 5.92 Å². The lowest BCUT2D eigenvalue weighted by Crippen LogP contribution is -2.40. The Kier molecular flexibility index (Phi) is 6.79. The minimum absolute atomic E-state index is 0.00137. The van der Waals surface area contributed by atoms with Gasteiger partial charge in [0.2, 0.25) is 5.91 Å². The maximum atomic E-state index is 12.4. The molecule has 1 aromatic carbocycles. The van der Waals surface area contributed by atoms with Crippen molar-refractivity contribution in [2.45, 2.75) is 53.3 Å². The fraction of sp³-hybridized carbons (Fsp3) is 0.474. The summed E-state index contributed by atoms with van der Waals surface area (Å²) in [5.41, 5.74) is 0.931. The highest BCUT2D eigenvalue weighted by atomic mass is 32.1. The summed E-state index contributed by atoms with van der Waals surface area (Å²) in [6.07, 6.45) is 0.937. The van der Waals surface area contributed by atoms with Crippen molar-refractivity contribution in [2.24, 2.45) is 5.92 Å². The predicted molar refractivity (Wildman–Crippen MR) is 98.0 cm³/mol. The molecule has 24 heavy (non-hydrogen) atoms. The zero-order chi connectivity index (χ0) is 17.5. The molecule has 0 N–H and O–H groups in total. The monoisotopic (exact) mass is 346 g/mol. The highest BCUT2D eigenvalue weighted by Crippen LogP contribution is 2.18. The van der Waals surface area contributed by atoms with Gasteiger partial charge in [-0.2, -0.15) is 0 Å². The summed E-state index contributed by atoms with van der Waals surface area (Å²) in [6.45, 7) is 9.09. The summed E-state index contributed by atoms with van der Waals surface area (Å²) in [4.78, 5) is 19.0. The van der Waals surface area contributed by atoms with Crippen molar-refractivity contribution in [2.75, 3.05) is 0 Å². The van der Waals surface area contributed by atoms with E-state index in [1.54, 1.807) is 11.3 Å². The Balaban J connectivity index is 1.99. The second-order valence-electron chi connectivity index (χ2n) is 6.21. The SMILES string of the molecule is CC[C@H](C)N(Cc1csc(COc2ccccc2)n1)C(=O)C(C)C. The van der Waals surface area contributed by atoms with Crippen LogP contribution in [0.4, 0.5) is 0 Å². The average molecular weight is 346 g/mol. The molecule has 1 aromatic heterocycles. The van der Waals surface area contributed by atoms with Crippen LogP contribution in [-0.2, 0) is 17.9 Å². The van der Waals surface area contributed by atoms with Gasteiger partial charge in [-0.25, -0.2) is 4.98 Å². The van der Waals surface area contributed by atoms with Crippen LogP contribution in [0.2, 0.25) is 0 Å². The zero-order valence-corrected chi connectivity index (χ0v) is 15.7. The zero-order valence-electron chi connectivity index (χ0n) is 14.9. The van der Waals surface area contributed by atoms with Gasteiger partial charge in [0.05, 0.1) is 12.2 Å². The molecule has 0 fully saturated rings. The van der Waals surface area contributed by atoms with Crippen molar-refractivity contribution < 1.29 is 9.53 Å². The maximum Gasteiger partial charge on any atom is 0.225 e. The molecule has 0 bridgehead atoms. The third-order valence-corrected chi connectivity index (χ3v) is 4.81. The molecule has 0 aliphatic rings. The van der Waals surface area contributed by atoms with Gasteiger partial charge >= 0.3 is 0 Å². The molecule has 1 amide bonds. The smallest absolute Gasteiger partial charge is 0.225 e. The van der Waals surface area contributed by atoms with Crippen molar-refractivity contribution in [1.29, 1.82) is 0 Å². The van der Waals surface area contributed by atoms with Crippen LogP contribution in [0.1, 0.15) is 44.8 Å². The lowest BCUT2D eigenvalue weighted by molar-refractivity contribution is -0.137. The van der Waals surface area contributed by atoms with Crippen LogP contribution in [0.5, 0.6) is 5.75 Å². The molecular weight excluding hydrogens is 320 g/mol. The molecular formula is C19H26N2O2S. The van der Waals surface area contributed by atoms with Gasteiger partial charge in [0.25, 0.3) is 0 Å². The van der Waals surface area contributed by atoms with Gasteiger partial charge in [0.15, 0.2) is 0 Å². The topological polar surface area (TPSA) is 42.4 Å². The molecule has 0 saturated carbocycles. The number of ether oxygens (including phenoxy) is 1. The third-order valence-electron chi connectivity index (χ3n) is 3.94. The van der Waals surface area contributed by atoms with Crippen LogP contribution in [-0.4, -0.2) is 21.8 Å². The number of thiazole rings is 1. The van der Waals surface area contributed by atoms with E-state index in [2.05, 4.69) is 18.8 Å². The van der Waals surface area contributed by atoms with Crippen molar-refractivity contribution in [3.63, 3.8) is 0 Å². The summed E-state index contributed by atoms with van der Waals surface area (Å²) in [6, 6.07) is 9.93. The molecule has 0 spiro atoms. The number of hydrogen-bond acceptors (Lipinski definition) is 4. The molecule has 0 saturated heterocycles. The molecule has 4 nitrogen and oxygen atoms in total. The van der Waals surface area contributed by atoms with Gasteiger partial charge in [0.1, 0.15) is 17.4 Å². The van der Waals surface area contributed by atoms with Gasteiger partial charge in [-0.15, -0.1) is 11.3 Å². The number of hydrogen-bond donors (Lipinski definition) is 0. The normalized spacial score (nSPS) is 12.2. The first kappa shape index (κ1) is 18.5. The van der Waals surface area contributed by atoms with E-state index >= 15 is 0 Å². The fourth-order valence-corrected chi connectivity index (χ4v) is 3.02. The number of nitrogens with zero attached hydrogens (tertiary/aromatic N) is 2. The van der Waals surface area contributed by atoms with E-state index in [1.807, 2.05) is 54.5 Å². The molecule has 0 unspecified atom stereocenters. The van der Waals surface area contributed by atoms with E-state index in [4.69, 9.17) is 4.74 Å². The molecule has 0 radical (unpaired) electrons. The molecule has 1 atom stereocenters. The van der Waals surface area contributed by atoms with Crippen LogP contribution < -0.4 is 4.74 Å². The van der Waals surface area contributed by atoms with E-state index in [1.165, 1.54) is 0 Å². The number of benzene rings is 1. The number of carbonyl (C=O) groups is 1. The Hall–Kier alpha value is -1.88. The fourth-order valence-electron chi connectivity index (χ4n) is 2.33. The second-order valence-corrected chi connectivity index (χ2v) is 7.16. The van der Waals surface area contributed by atoms with Crippen molar-refractivity contribution in [1.82, 2.24) is 9.88 Å². The average Bonchev–Trinajstić information content (AvgIpc) is 3.05. The molecule has 1 heterocycles. The standard InChI is InChI=1S/C19H26N2O2S/c1-5-15(4)21(19(22)14(2)3)11-16-13-24-18(20-16)12-23-17-9-7-6-8-10-17/h6-10,13-15H,5,11-12H2,1-4H3/t15-/m0/s1. The number of rotatable bonds is 8. The minimum Gasteiger partial charge on any atom is -0.486 e. The molecule has 5 heteroatoms. The predicted octanol–water partition coefficient (Wildman–Crippen LogP) is 4.51. The number of aromatic nitrogens is 1. The first-order valence-corrected chi connectivity index (χ1v) is 9.30. The summed E-state index contributed by atoms with van der Waals surface area (Å²) in [5.74, 6) is 1.02. The Morgan fingerprint density at radius 2 is 1.96 bits per heavy atom. The van der Waals surface area contributed by atoms with Crippen molar-refractivity contribution in [3.05, 3.63) is 46.4 Å². The molecule has 0 aliphatic carbocycles. The van der Waals surface area contributed by atoms with E-state index in [0.29, 0.717) is 13.2 Å². The Morgan fingerprint density at radius 1 is 1.25 bits per heavy atom. The Labute approximate surface area is 148 Å². The van der Waals surface area contributed by atoms with Gasteiger partial charge in [-0.1, -0.05) is 39.0 Å². The van der Waals surface area contributed by atoms with E-state index in [-0.39, 0.29) is 17.9 Å². The summed E-state index contributed by atoms with van der Waals surface area (Å²) >= 11 is 1.58. The van der Waals surface area contributed by atoms with Crippen LogP contribution >= 0.6 is 11.3 Å². The molecule has 130 valence electrons. The lowest BCUT2D eigenvalue weighted by Gasteiger charge is -2.29. The van der Waals surface area contributed by atoms with Crippen LogP contribution in [0.25, 0.3) is 0 Å². The minimum atomic E-state index is -0.00137. The first-order chi connectivity index (χ1) is 11.5. The highest BCUT2D eigenvalue weighted by molar-refractivity contribution is 7.09. The van der Waals surface area contributed by atoms with E-state index in [0.717, 1.165) is 22.9 Å². The van der Waals surface area contributed by atoms with Crippen molar-refractivity contribution in [3.8, 4) is 5.75 Å². The van der Waals surface area contributed by atoms with Crippen molar-refractivity contribution >= 4 is 17.2 Å². The second kappa shape index (κ2) is 8.83. The van der Waals surface area contributed by atoms with Crippen LogP contribution in [0.3, 0.4) is 0 Å². The molecule has 2 rings (SSSR count). The largest absolute Gasteiger partial charge is 0.486 e. The van der Waals surface area contributed by atoms with E-state index < -0.39 is 0 Å². The number of amides is 1. The van der Waals surface area contributed by atoms with E-state index in [9.17, 15) is 4.79 Å². The number of carbonyl (C=O) groups excluding carboxylic acids is 1. The molecule has 0 aliphatic heterocycles. The van der Waals surface area contributed by atoms with Gasteiger partial charge in [0, 0.05) is 17.3 Å². The van der Waals surface area contributed by atoms with Gasteiger partial charge < -0.3 is 9.64 Å². The Bertz CT molecular complexity index is 640. The highest BCUT2D eigenvalue weighted by Gasteiger charge is 2.22. The molecule has 2 aromatic rings. The summed E-state index contributed by atoms with van der Waals surface area (Å²) in [5, 5.41) is 2.95. The third kappa shape index (κ3) is 5.06. The van der Waals surface area contributed by atoms with Crippen LogP contribution in [0.15, 0.2) is 35.7 Å². The summed E-state index contributed by atoms with van der Waals surface area (Å²) < 4.78 is 5.73. The quantitative estimate of drug-likeness (QED) is 0.706. The maximum absolute atomic E-state index is 12.4. The summed E-state index contributed by atoms with van der Waals surface area (Å²) in [7, 11) is 0. The lowest BCUT2D eigenvalue weighted by atomic mass is 10.1. The Morgan fingerprint density at radius 3 is 2.58 bits per heavy atom. The van der Waals surface area contributed by atoms with Gasteiger partial charge in [-0.3, -0.25) is 4.79 Å². The first-order valence-electron chi connectivity index (χ1n) is 8.42. The van der Waals surface area contributed by atoms with Gasteiger partial charge in [-0.05, 0) is 25.5 Å².